The van der Waals surface area contributed by atoms with Crippen LogP contribution in [0.4, 0.5) is 13.2 Å². The SMILES string of the molecule is CC(NC(=O)C(F)(F)F)c1cc2ccccc2o1. The summed E-state index contributed by atoms with van der Waals surface area (Å²) in [6, 6.07) is 7.80. The first-order valence-electron chi connectivity index (χ1n) is 5.24. The highest BCUT2D eigenvalue weighted by molar-refractivity contribution is 5.82. The summed E-state index contributed by atoms with van der Waals surface area (Å²) in [5, 5.41) is 2.62. The van der Waals surface area contributed by atoms with Crippen LogP contribution in [0, 0.1) is 0 Å². The molecule has 2 aromatic rings. The summed E-state index contributed by atoms with van der Waals surface area (Å²) in [5.41, 5.74) is 0.570. The number of rotatable bonds is 2. The molecular weight excluding hydrogens is 247 g/mol. The molecule has 18 heavy (non-hydrogen) atoms. The highest BCUT2D eigenvalue weighted by Crippen LogP contribution is 2.24. The molecule has 0 radical (unpaired) electrons. The predicted molar refractivity (Wildman–Crippen MR) is 58.8 cm³/mol. The van der Waals surface area contributed by atoms with Gasteiger partial charge in [-0.3, -0.25) is 4.79 Å². The molecule has 0 fully saturated rings. The molecule has 0 saturated carbocycles. The van der Waals surface area contributed by atoms with Crippen molar-refractivity contribution >= 4 is 16.9 Å². The molecule has 1 atom stereocenters. The number of benzene rings is 1. The van der Waals surface area contributed by atoms with E-state index in [1.165, 1.54) is 6.92 Å². The second-order valence-electron chi connectivity index (χ2n) is 3.88. The number of hydrogen-bond acceptors (Lipinski definition) is 2. The van der Waals surface area contributed by atoms with Crippen molar-refractivity contribution < 1.29 is 22.4 Å². The Bertz CT molecular complexity index is 541. The summed E-state index contributed by atoms with van der Waals surface area (Å²) >= 11 is 0. The van der Waals surface area contributed by atoms with Crippen LogP contribution in [0.2, 0.25) is 0 Å². The Morgan fingerprint density at radius 2 is 2.00 bits per heavy atom. The molecule has 0 bridgehead atoms. The number of amides is 1. The molecule has 0 aliphatic heterocycles. The van der Waals surface area contributed by atoms with Crippen LogP contribution >= 0.6 is 0 Å². The molecule has 1 unspecified atom stereocenters. The standard InChI is InChI=1S/C12H10F3NO2/c1-7(16-11(17)12(13,14)15)10-6-8-4-2-3-5-9(8)18-10/h2-7H,1H3,(H,16,17). The highest BCUT2D eigenvalue weighted by atomic mass is 19.4. The maximum Gasteiger partial charge on any atom is 0.471 e. The molecule has 3 nitrogen and oxygen atoms in total. The van der Waals surface area contributed by atoms with Crippen LogP contribution in [0.5, 0.6) is 0 Å². The number of fused-ring (bicyclic) bond motifs is 1. The Morgan fingerprint density at radius 3 is 2.61 bits per heavy atom. The summed E-state index contributed by atoms with van der Waals surface area (Å²) in [6.45, 7) is 1.43. The minimum Gasteiger partial charge on any atom is -0.459 e. The fourth-order valence-corrected chi connectivity index (χ4v) is 1.57. The van der Waals surface area contributed by atoms with E-state index in [0.717, 1.165) is 5.39 Å². The monoisotopic (exact) mass is 257 g/mol. The summed E-state index contributed by atoms with van der Waals surface area (Å²) in [4.78, 5) is 10.8. The number of carbonyl (C=O) groups is 1. The minimum absolute atomic E-state index is 0.286. The van der Waals surface area contributed by atoms with Gasteiger partial charge in [0.05, 0.1) is 6.04 Å². The number of nitrogens with one attached hydrogen (secondary N) is 1. The van der Waals surface area contributed by atoms with Crippen molar-refractivity contribution in [2.75, 3.05) is 0 Å². The average molecular weight is 257 g/mol. The first-order valence-corrected chi connectivity index (χ1v) is 5.24. The Kier molecular flexibility index (Phi) is 3.02. The first-order chi connectivity index (χ1) is 8.38. The number of hydrogen-bond donors (Lipinski definition) is 1. The fraction of sp³-hybridized carbons (Fsp3) is 0.250. The molecule has 0 aliphatic carbocycles. The lowest BCUT2D eigenvalue weighted by Gasteiger charge is -2.12. The normalized spacial score (nSPS) is 13.6. The second kappa shape index (κ2) is 4.36. The van der Waals surface area contributed by atoms with Gasteiger partial charge in [-0.05, 0) is 19.1 Å². The van der Waals surface area contributed by atoms with Crippen LogP contribution in [0.25, 0.3) is 11.0 Å². The summed E-state index contributed by atoms with van der Waals surface area (Å²) in [7, 11) is 0. The van der Waals surface area contributed by atoms with Crippen molar-refractivity contribution in [1.29, 1.82) is 0 Å². The molecule has 1 amide bonds. The van der Waals surface area contributed by atoms with E-state index in [1.54, 1.807) is 30.3 Å². The van der Waals surface area contributed by atoms with E-state index in [4.69, 9.17) is 4.42 Å². The molecule has 1 heterocycles. The van der Waals surface area contributed by atoms with Gasteiger partial charge in [-0.25, -0.2) is 0 Å². The maximum absolute atomic E-state index is 12.1. The molecule has 96 valence electrons. The van der Waals surface area contributed by atoms with Gasteiger partial charge in [-0.1, -0.05) is 18.2 Å². The third kappa shape index (κ3) is 2.47. The fourth-order valence-electron chi connectivity index (χ4n) is 1.57. The third-order valence-electron chi connectivity index (χ3n) is 2.48. The van der Waals surface area contributed by atoms with Crippen molar-refractivity contribution in [3.63, 3.8) is 0 Å². The number of furan rings is 1. The smallest absolute Gasteiger partial charge is 0.459 e. The molecule has 1 aromatic carbocycles. The van der Waals surface area contributed by atoms with Gasteiger partial charge in [0.25, 0.3) is 0 Å². The Labute approximate surface area is 101 Å². The summed E-state index contributed by atoms with van der Waals surface area (Å²) in [6.07, 6.45) is -4.89. The number of alkyl halides is 3. The lowest BCUT2D eigenvalue weighted by atomic mass is 10.2. The van der Waals surface area contributed by atoms with Crippen molar-refractivity contribution in [3.8, 4) is 0 Å². The van der Waals surface area contributed by atoms with E-state index in [-0.39, 0.29) is 5.76 Å². The van der Waals surface area contributed by atoms with E-state index in [9.17, 15) is 18.0 Å². The van der Waals surface area contributed by atoms with Gasteiger partial charge in [-0.2, -0.15) is 13.2 Å². The number of para-hydroxylation sites is 1. The topological polar surface area (TPSA) is 42.2 Å². The Hall–Kier alpha value is -1.98. The zero-order chi connectivity index (χ0) is 13.3. The molecule has 0 saturated heterocycles. The third-order valence-corrected chi connectivity index (χ3v) is 2.48. The van der Waals surface area contributed by atoms with E-state index < -0.39 is 18.1 Å². The van der Waals surface area contributed by atoms with Crippen LogP contribution in [0.1, 0.15) is 18.7 Å². The molecule has 1 N–H and O–H groups in total. The quantitative estimate of drug-likeness (QED) is 0.897. The van der Waals surface area contributed by atoms with Crippen LogP contribution in [-0.4, -0.2) is 12.1 Å². The van der Waals surface area contributed by atoms with E-state index >= 15 is 0 Å². The van der Waals surface area contributed by atoms with Gasteiger partial charge in [0, 0.05) is 5.39 Å². The van der Waals surface area contributed by atoms with Crippen molar-refractivity contribution in [2.24, 2.45) is 0 Å². The molecule has 1 aromatic heterocycles. The van der Waals surface area contributed by atoms with Gasteiger partial charge >= 0.3 is 12.1 Å². The van der Waals surface area contributed by atoms with Crippen molar-refractivity contribution in [3.05, 3.63) is 36.1 Å². The van der Waals surface area contributed by atoms with Gasteiger partial charge < -0.3 is 9.73 Å². The van der Waals surface area contributed by atoms with Crippen molar-refractivity contribution in [1.82, 2.24) is 5.32 Å². The maximum atomic E-state index is 12.1. The first kappa shape index (κ1) is 12.5. The molecule has 0 aliphatic rings. The molecule has 2 rings (SSSR count). The van der Waals surface area contributed by atoms with Gasteiger partial charge in [-0.15, -0.1) is 0 Å². The van der Waals surface area contributed by atoms with Gasteiger partial charge in [0.1, 0.15) is 11.3 Å². The lowest BCUT2D eigenvalue weighted by molar-refractivity contribution is -0.174. The zero-order valence-corrected chi connectivity index (χ0v) is 9.41. The molecule has 0 spiro atoms. The number of carbonyl (C=O) groups excluding carboxylic acids is 1. The summed E-state index contributed by atoms with van der Waals surface area (Å²) in [5.74, 6) is -1.69. The molecular formula is C12H10F3NO2. The second-order valence-corrected chi connectivity index (χ2v) is 3.88. The van der Waals surface area contributed by atoms with Gasteiger partial charge in [0.15, 0.2) is 0 Å². The Morgan fingerprint density at radius 1 is 1.33 bits per heavy atom. The lowest BCUT2D eigenvalue weighted by Crippen LogP contribution is -2.38. The Balaban J connectivity index is 2.18. The highest BCUT2D eigenvalue weighted by Gasteiger charge is 2.39. The largest absolute Gasteiger partial charge is 0.471 e. The predicted octanol–water partition coefficient (Wildman–Crippen LogP) is 3.17. The van der Waals surface area contributed by atoms with Crippen LogP contribution in [0.3, 0.4) is 0 Å². The van der Waals surface area contributed by atoms with E-state index in [1.807, 2.05) is 5.32 Å². The minimum atomic E-state index is -4.89. The van der Waals surface area contributed by atoms with Crippen LogP contribution in [-0.2, 0) is 4.79 Å². The average Bonchev–Trinajstić information content (AvgIpc) is 2.71. The van der Waals surface area contributed by atoms with Crippen LogP contribution < -0.4 is 5.32 Å². The van der Waals surface area contributed by atoms with Crippen molar-refractivity contribution in [2.45, 2.75) is 19.1 Å². The zero-order valence-electron chi connectivity index (χ0n) is 9.41. The van der Waals surface area contributed by atoms with Crippen LogP contribution in [0.15, 0.2) is 34.7 Å². The number of halogens is 3. The summed E-state index contributed by atoms with van der Waals surface area (Å²) < 4.78 is 41.6. The van der Waals surface area contributed by atoms with E-state index in [2.05, 4.69) is 0 Å². The van der Waals surface area contributed by atoms with E-state index in [0.29, 0.717) is 5.58 Å². The van der Waals surface area contributed by atoms with Gasteiger partial charge in [0.2, 0.25) is 0 Å². The molecule has 6 heteroatoms.